The molecule has 0 aliphatic carbocycles. The van der Waals surface area contributed by atoms with Crippen LogP contribution in [0.1, 0.15) is 31.5 Å². The highest BCUT2D eigenvalue weighted by molar-refractivity contribution is 6.35. The smallest absolute Gasteiger partial charge is 0.285 e. The van der Waals surface area contributed by atoms with Gasteiger partial charge in [0, 0.05) is 22.2 Å². The summed E-state index contributed by atoms with van der Waals surface area (Å²) in [5.41, 5.74) is -0.114. The quantitative estimate of drug-likeness (QED) is 0.631. The molecule has 1 heterocycles. The Morgan fingerprint density at radius 1 is 1.24 bits per heavy atom. The van der Waals surface area contributed by atoms with E-state index in [1.807, 2.05) is 0 Å². The fourth-order valence-electron chi connectivity index (χ4n) is 2.29. The lowest BCUT2D eigenvalue weighted by Crippen LogP contribution is -2.36. The summed E-state index contributed by atoms with van der Waals surface area (Å²) in [5.74, 6) is -0.471. The van der Waals surface area contributed by atoms with Crippen LogP contribution in [0.4, 0.5) is 5.69 Å². The van der Waals surface area contributed by atoms with Crippen molar-refractivity contribution in [1.82, 2.24) is 9.88 Å². The van der Waals surface area contributed by atoms with Crippen molar-refractivity contribution in [1.29, 1.82) is 0 Å². The lowest BCUT2D eigenvalue weighted by Gasteiger charge is -2.20. The Labute approximate surface area is 153 Å². The number of pyridine rings is 1. The van der Waals surface area contributed by atoms with Crippen LogP contribution in [0.2, 0.25) is 10.0 Å². The first-order valence-electron chi connectivity index (χ1n) is 7.32. The fraction of sp³-hybridized carbons (Fsp3) is 0.250. The number of hydrogen-bond donors (Lipinski definition) is 1. The van der Waals surface area contributed by atoms with Gasteiger partial charge < -0.3 is 5.32 Å². The van der Waals surface area contributed by atoms with Crippen LogP contribution in [0, 0.1) is 10.1 Å². The molecule has 132 valence electrons. The molecule has 0 saturated heterocycles. The Morgan fingerprint density at radius 3 is 2.52 bits per heavy atom. The van der Waals surface area contributed by atoms with E-state index in [-0.39, 0.29) is 5.69 Å². The molecule has 1 N–H and O–H groups in total. The van der Waals surface area contributed by atoms with E-state index in [4.69, 9.17) is 23.2 Å². The minimum Gasteiger partial charge on any atom is -0.348 e. The maximum atomic E-state index is 12.4. The van der Waals surface area contributed by atoms with Crippen LogP contribution in [-0.4, -0.2) is 15.4 Å². The van der Waals surface area contributed by atoms with Gasteiger partial charge in [-0.05, 0) is 31.5 Å². The van der Waals surface area contributed by atoms with Crippen molar-refractivity contribution in [3.63, 3.8) is 0 Å². The number of hydrogen-bond acceptors (Lipinski definition) is 4. The summed E-state index contributed by atoms with van der Waals surface area (Å²) in [6, 6.07) is 5.70. The van der Waals surface area contributed by atoms with E-state index in [2.05, 4.69) is 5.32 Å². The summed E-state index contributed by atoms with van der Waals surface area (Å²) in [6.45, 7) is 3.21. The number of amides is 1. The van der Waals surface area contributed by atoms with Crippen LogP contribution in [0.15, 0.2) is 41.3 Å². The second kappa shape index (κ2) is 7.67. The first-order chi connectivity index (χ1) is 11.7. The number of aromatic nitrogens is 1. The Bertz CT molecular complexity index is 882. The molecule has 7 nitrogen and oxygen atoms in total. The van der Waals surface area contributed by atoms with Gasteiger partial charge in [0.25, 0.3) is 11.2 Å². The number of carbonyl (C=O) groups excluding carboxylic acids is 1. The van der Waals surface area contributed by atoms with Crippen molar-refractivity contribution < 1.29 is 9.72 Å². The molecule has 0 aliphatic rings. The predicted octanol–water partition coefficient (Wildman–Crippen LogP) is 3.50. The number of rotatable bonds is 5. The van der Waals surface area contributed by atoms with E-state index in [1.165, 1.54) is 6.92 Å². The van der Waals surface area contributed by atoms with Crippen LogP contribution in [0.5, 0.6) is 0 Å². The van der Waals surface area contributed by atoms with E-state index in [9.17, 15) is 19.7 Å². The van der Waals surface area contributed by atoms with Gasteiger partial charge in [-0.3, -0.25) is 24.3 Å². The summed E-state index contributed by atoms with van der Waals surface area (Å²) in [7, 11) is 0. The minimum absolute atomic E-state index is 0.270. The SMILES string of the molecule is CC(NC(=O)C(C)n1cc([N+](=O)[O-])ccc1=O)c1ccc(Cl)cc1Cl. The Balaban J connectivity index is 2.21. The maximum Gasteiger partial charge on any atom is 0.285 e. The molecule has 1 aromatic heterocycles. The molecule has 2 atom stereocenters. The number of nitrogens with zero attached hydrogens (tertiary/aromatic N) is 2. The number of nitrogens with one attached hydrogen (secondary N) is 1. The van der Waals surface area contributed by atoms with Crippen molar-refractivity contribution >= 4 is 34.8 Å². The predicted molar refractivity (Wildman–Crippen MR) is 95.1 cm³/mol. The zero-order chi connectivity index (χ0) is 18.7. The highest BCUT2D eigenvalue weighted by Crippen LogP contribution is 2.26. The summed E-state index contributed by atoms with van der Waals surface area (Å²) in [5, 5.41) is 14.5. The fourth-order valence-corrected chi connectivity index (χ4v) is 2.87. The van der Waals surface area contributed by atoms with Gasteiger partial charge in [0.2, 0.25) is 5.91 Å². The largest absolute Gasteiger partial charge is 0.348 e. The monoisotopic (exact) mass is 383 g/mol. The molecule has 0 radical (unpaired) electrons. The van der Waals surface area contributed by atoms with Gasteiger partial charge in [0.1, 0.15) is 6.04 Å². The lowest BCUT2D eigenvalue weighted by atomic mass is 10.1. The number of carbonyl (C=O) groups is 1. The molecule has 0 saturated carbocycles. The summed E-state index contributed by atoms with van der Waals surface area (Å²) in [4.78, 5) is 34.6. The summed E-state index contributed by atoms with van der Waals surface area (Å²) >= 11 is 12.0. The van der Waals surface area contributed by atoms with E-state index < -0.39 is 28.5 Å². The lowest BCUT2D eigenvalue weighted by molar-refractivity contribution is -0.385. The maximum absolute atomic E-state index is 12.4. The van der Waals surface area contributed by atoms with E-state index in [1.54, 1.807) is 25.1 Å². The molecule has 1 aromatic carbocycles. The third-order valence-electron chi connectivity index (χ3n) is 3.72. The van der Waals surface area contributed by atoms with Gasteiger partial charge in [-0.15, -0.1) is 0 Å². The van der Waals surface area contributed by atoms with Crippen molar-refractivity contribution in [3.8, 4) is 0 Å². The molecule has 9 heteroatoms. The normalized spacial score (nSPS) is 13.1. The van der Waals surface area contributed by atoms with Crippen molar-refractivity contribution in [2.75, 3.05) is 0 Å². The van der Waals surface area contributed by atoms with Crippen LogP contribution >= 0.6 is 23.2 Å². The van der Waals surface area contributed by atoms with Gasteiger partial charge in [0.15, 0.2) is 0 Å². The van der Waals surface area contributed by atoms with Crippen molar-refractivity contribution in [2.45, 2.75) is 25.9 Å². The van der Waals surface area contributed by atoms with Crippen LogP contribution in [-0.2, 0) is 4.79 Å². The van der Waals surface area contributed by atoms with Crippen molar-refractivity contribution in [3.05, 3.63) is 72.6 Å². The Morgan fingerprint density at radius 2 is 1.92 bits per heavy atom. The van der Waals surface area contributed by atoms with E-state index >= 15 is 0 Å². The van der Waals surface area contributed by atoms with Gasteiger partial charge in [-0.1, -0.05) is 29.3 Å². The summed E-state index contributed by atoms with van der Waals surface area (Å²) < 4.78 is 1.02. The molecular weight excluding hydrogens is 369 g/mol. The average molecular weight is 384 g/mol. The molecule has 0 aliphatic heterocycles. The van der Waals surface area contributed by atoms with Crippen LogP contribution < -0.4 is 10.9 Å². The van der Waals surface area contributed by atoms with Gasteiger partial charge in [-0.2, -0.15) is 0 Å². The van der Waals surface area contributed by atoms with Gasteiger partial charge in [0.05, 0.1) is 17.2 Å². The highest BCUT2D eigenvalue weighted by atomic mass is 35.5. The first kappa shape index (κ1) is 19.0. The zero-order valence-electron chi connectivity index (χ0n) is 13.4. The topological polar surface area (TPSA) is 94.2 Å². The van der Waals surface area contributed by atoms with Crippen LogP contribution in [0.3, 0.4) is 0 Å². The Hall–Kier alpha value is -2.38. The standard InChI is InChI=1S/C16H15Cl2N3O4/c1-9(13-5-3-11(17)7-14(13)18)19-16(23)10(2)20-8-12(21(24)25)4-6-15(20)22/h3-10H,1-2H3,(H,19,23). The zero-order valence-corrected chi connectivity index (χ0v) is 14.9. The van der Waals surface area contributed by atoms with Gasteiger partial charge in [-0.25, -0.2) is 0 Å². The minimum atomic E-state index is -0.930. The molecular formula is C16H15Cl2N3O4. The summed E-state index contributed by atoms with van der Waals surface area (Å²) in [6.07, 6.45) is 1.05. The van der Waals surface area contributed by atoms with Crippen molar-refractivity contribution in [2.24, 2.45) is 0 Å². The first-order valence-corrected chi connectivity index (χ1v) is 8.08. The molecule has 1 amide bonds. The molecule has 2 unspecified atom stereocenters. The van der Waals surface area contributed by atoms with Gasteiger partial charge >= 0.3 is 0 Å². The number of nitro groups is 1. The number of halogens is 2. The average Bonchev–Trinajstić information content (AvgIpc) is 2.54. The second-order valence-electron chi connectivity index (χ2n) is 5.46. The molecule has 0 bridgehead atoms. The number of benzene rings is 1. The molecule has 25 heavy (non-hydrogen) atoms. The second-order valence-corrected chi connectivity index (χ2v) is 6.31. The molecule has 2 aromatic rings. The molecule has 2 rings (SSSR count). The van der Waals surface area contributed by atoms with E-state index in [0.29, 0.717) is 15.6 Å². The van der Waals surface area contributed by atoms with Crippen LogP contribution in [0.25, 0.3) is 0 Å². The highest BCUT2D eigenvalue weighted by Gasteiger charge is 2.21. The third-order valence-corrected chi connectivity index (χ3v) is 4.28. The molecule has 0 spiro atoms. The van der Waals surface area contributed by atoms with E-state index in [0.717, 1.165) is 22.9 Å². The third kappa shape index (κ3) is 4.37. The Kier molecular flexibility index (Phi) is 5.81. The molecule has 0 fully saturated rings.